The van der Waals surface area contributed by atoms with Crippen molar-refractivity contribution in [2.75, 3.05) is 20.6 Å². The van der Waals surface area contributed by atoms with E-state index in [1.165, 1.54) is 51.4 Å². The van der Waals surface area contributed by atoms with E-state index in [-0.39, 0.29) is 0 Å². The smallest absolute Gasteiger partial charge is 0.0102 e. The second kappa shape index (κ2) is 11.0. The van der Waals surface area contributed by atoms with Gasteiger partial charge in [-0.1, -0.05) is 51.9 Å². The highest BCUT2D eigenvalue weighted by molar-refractivity contribution is 4.47. The average Bonchev–Trinajstić information content (AvgIpc) is 2.15. The molecule has 0 aliphatic carbocycles. The second-order valence-corrected chi connectivity index (χ2v) is 4.28. The first-order valence-corrected chi connectivity index (χ1v) is 6.18. The SMILES string of the molecule is CCCCCCCCCCNN(C)C. The molecule has 0 aliphatic rings. The van der Waals surface area contributed by atoms with Crippen LogP contribution < -0.4 is 5.43 Å². The summed E-state index contributed by atoms with van der Waals surface area (Å²) in [7, 11) is 4.09. The van der Waals surface area contributed by atoms with Crippen LogP contribution in [0.25, 0.3) is 0 Å². The Morgan fingerprint density at radius 1 is 0.786 bits per heavy atom. The zero-order chi connectivity index (χ0) is 10.6. The van der Waals surface area contributed by atoms with Crippen molar-refractivity contribution in [3.05, 3.63) is 0 Å². The molecule has 0 saturated carbocycles. The summed E-state index contributed by atoms with van der Waals surface area (Å²) in [5, 5.41) is 2.03. The minimum absolute atomic E-state index is 1.13. The van der Waals surface area contributed by atoms with Crippen molar-refractivity contribution in [3.63, 3.8) is 0 Å². The molecule has 0 aromatic carbocycles. The van der Waals surface area contributed by atoms with Crippen molar-refractivity contribution in [2.45, 2.75) is 58.3 Å². The van der Waals surface area contributed by atoms with Gasteiger partial charge in [-0.25, -0.2) is 0 Å². The lowest BCUT2D eigenvalue weighted by atomic mass is 10.1. The number of rotatable bonds is 10. The fourth-order valence-electron chi connectivity index (χ4n) is 1.56. The molecule has 0 aliphatic heterocycles. The predicted octanol–water partition coefficient (Wildman–Crippen LogP) is 3.19. The molecule has 0 aromatic heterocycles. The minimum atomic E-state index is 1.13. The normalized spacial score (nSPS) is 11.1. The Kier molecular flexibility index (Phi) is 10.9. The lowest BCUT2D eigenvalue weighted by Crippen LogP contribution is -2.30. The van der Waals surface area contributed by atoms with Gasteiger partial charge in [0.2, 0.25) is 0 Å². The van der Waals surface area contributed by atoms with Crippen LogP contribution in [0.15, 0.2) is 0 Å². The Balaban J connectivity index is 2.85. The summed E-state index contributed by atoms with van der Waals surface area (Å²) in [4.78, 5) is 0. The van der Waals surface area contributed by atoms with Crippen LogP contribution in [-0.4, -0.2) is 25.6 Å². The van der Waals surface area contributed by atoms with Crippen molar-refractivity contribution in [2.24, 2.45) is 0 Å². The van der Waals surface area contributed by atoms with Gasteiger partial charge in [0.25, 0.3) is 0 Å². The number of hydrogen-bond acceptors (Lipinski definition) is 2. The van der Waals surface area contributed by atoms with Crippen LogP contribution in [-0.2, 0) is 0 Å². The molecule has 0 unspecified atom stereocenters. The van der Waals surface area contributed by atoms with Crippen LogP contribution in [0.1, 0.15) is 58.3 Å². The summed E-state index contributed by atoms with van der Waals surface area (Å²) in [6.45, 7) is 3.40. The van der Waals surface area contributed by atoms with E-state index in [9.17, 15) is 0 Å². The molecule has 0 radical (unpaired) electrons. The van der Waals surface area contributed by atoms with Gasteiger partial charge in [-0.05, 0) is 6.42 Å². The third kappa shape index (κ3) is 11.9. The van der Waals surface area contributed by atoms with Gasteiger partial charge >= 0.3 is 0 Å². The molecule has 14 heavy (non-hydrogen) atoms. The number of nitrogens with zero attached hydrogens (tertiary/aromatic N) is 1. The lowest BCUT2D eigenvalue weighted by Gasteiger charge is -2.11. The van der Waals surface area contributed by atoms with Crippen LogP contribution >= 0.6 is 0 Å². The van der Waals surface area contributed by atoms with Crippen LogP contribution in [0.5, 0.6) is 0 Å². The largest absolute Gasteiger partial charge is 0.256 e. The third-order valence-corrected chi connectivity index (χ3v) is 2.46. The van der Waals surface area contributed by atoms with E-state index in [0.29, 0.717) is 0 Å². The Hall–Kier alpha value is -0.0800. The summed E-state index contributed by atoms with van der Waals surface area (Å²) in [6.07, 6.45) is 11.2. The number of unbranched alkanes of at least 4 members (excludes halogenated alkanes) is 7. The zero-order valence-corrected chi connectivity index (χ0v) is 10.3. The van der Waals surface area contributed by atoms with Crippen LogP contribution in [0.3, 0.4) is 0 Å². The number of hydrazine groups is 1. The van der Waals surface area contributed by atoms with Crippen molar-refractivity contribution in [3.8, 4) is 0 Å². The molecule has 0 heterocycles. The molecule has 1 N–H and O–H groups in total. The van der Waals surface area contributed by atoms with Crippen LogP contribution in [0, 0.1) is 0 Å². The van der Waals surface area contributed by atoms with Crippen LogP contribution in [0.4, 0.5) is 0 Å². The molecule has 0 atom stereocenters. The van der Waals surface area contributed by atoms with Gasteiger partial charge in [-0.15, -0.1) is 0 Å². The fourth-order valence-corrected chi connectivity index (χ4v) is 1.56. The van der Waals surface area contributed by atoms with E-state index in [4.69, 9.17) is 0 Å². The van der Waals surface area contributed by atoms with E-state index in [1.807, 2.05) is 19.1 Å². The summed E-state index contributed by atoms with van der Waals surface area (Å²) >= 11 is 0. The van der Waals surface area contributed by atoms with Gasteiger partial charge < -0.3 is 0 Å². The Labute approximate surface area is 90.0 Å². The molecule has 0 rings (SSSR count). The molecule has 2 heteroatoms. The fraction of sp³-hybridized carbons (Fsp3) is 1.00. The van der Waals surface area contributed by atoms with E-state index in [1.54, 1.807) is 0 Å². The molecule has 86 valence electrons. The second-order valence-electron chi connectivity index (χ2n) is 4.28. The van der Waals surface area contributed by atoms with E-state index in [0.717, 1.165) is 6.54 Å². The zero-order valence-electron chi connectivity index (χ0n) is 10.3. The standard InChI is InChI=1S/C12H28N2/c1-4-5-6-7-8-9-10-11-12-13-14(2)3/h13H,4-12H2,1-3H3. The average molecular weight is 200 g/mol. The first-order chi connectivity index (χ1) is 6.77. The number of hydrogen-bond donors (Lipinski definition) is 1. The quantitative estimate of drug-likeness (QED) is 0.430. The molecule has 0 fully saturated rings. The molecular weight excluding hydrogens is 172 g/mol. The molecule has 0 spiro atoms. The summed E-state index contributed by atoms with van der Waals surface area (Å²) in [5.74, 6) is 0. The van der Waals surface area contributed by atoms with Gasteiger partial charge in [0.05, 0.1) is 0 Å². The molecule has 0 aromatic rings. The maximum absolute atomic E-state index is 3.29. The van der Waals surface area contributed by atoms with E-state index in [2.05, 4.69) is 12.3 Å². The Morgan fingerprint density at radius 2 is 1.29 bits per heavy atom. The van der Waals surface area contributed by atoms with E-state index < -0.39 is 0 Å². The molecule has 0 bridgehead atoms. The van der Waals surface area contributed by atoms with Crippen LogP contribution in [0.2, 0.25) is 0 Å². The number of nitrogens with one attached hydrogen (secondary N) is 1. The highest BCUT2D eigenvalue weighted by atomic mass is 15.5. The van der Waals surface area contributed by atoms with Gasteiger partial charge in [0.15, 0.2) is 0 Å². The summed E-state index contributed by atoms with van der Waals surface area (Å²) in [6, 6.07) is 0. The monoisotopic (exact) mass is 200 g/mol. The molecular formula is C12H28N2. The summed E-state index contributed by atoms with van der Waals surface area (Å²) in [5.41, 5.74) is 3.29. The summed E-state index contributed by atoms with van der Waals surface area (Å²) < 4.78 is 0. The highest BCUT2D eigenvalue weighted by Crippen LogP contribution is 2.07. The van der Waals surface area contributed by atoms with Gasteiger partial charge in [-0.2, -0.15) is 0 Å². The molecule has 0 saturated heterocycles. The maximum Gasteiger partial charge on any atom is 0.0102 e. The van der Waals surface area contributed by atoms with Gasteiger partial charge in [0.1, 0.15) is 0 Å². The topological polar surface area (TPSA) is 15.3 Å². The Morgan fingerprint density at radius 3 is 1.79 bits per heavy atom. The minimum Gasteiger partial charge on any atom is -0.256 e. The van der Waals surface area contributed by atoms with Crippen molar-refractivity contribution in [1.82, 2.24) is 10.4 Å². The lowest BCUT2D eigenvalue weighted by molar-refractivity contribution is 0.286. The molecule has 2 nitrogen and oxygen atoms in total. The third-order valence-electron chi connectivity index (χ3n) is 2.46. The van der Waals surface area contributed by atoms with Crippen molar-refractivity contribution >= 4 is 0 Å². The maximum atomic E-state index is 3.29. The first-order valence-electron chi connectivity index (χ1n) is 6.18. The van der Waals surface area contributed by atoms with Gasteiger partial charge in [-0.3, -0.25) is 10.4 Å². The van der Waals surface area contributed by atoms with Crippen molar-refractivity contribution in [1.29, 1.82) is 0 Å². The highest BCUT2D eigenvalue weighted by Gasteiger charge is 1.91. The van der Waals surface area contributed by atoms with Crippen molar-refractivity contribution < 1.29 is 0 Å². The van der Waals surface area contributed by atoms with Gasteiger partial charge in [0, 0.05) is 20.6 Å². The molecule has 0 amide bonds. The predicted molar refractivity (Wildman–Crippen MR) is 64.3 cm³/mol. The Bertz CT molecular complexity index is 102. The first kappa shape index (κ1) is 13.9. The van der Waals surface area contributed by atoms with E-state index >= 15 is 0 Å².